The predicted molar refractivity (Wildman–Crippen MR) is 113 cm³/mol. The number of carbonyl (C=O) groups is 2. The van der Waals surface area contributed by atoms with Gasteiger partial charge < -0.3 is 20.1 Å². The van der Waals surface area contributed by atoms with Crippen molar-refractivity contribution in [2.75, 3.05) is 19.0 Å². The van der Waals surface area contributed by atoms with Gasteiger partial charge in [-0.2, -0.15) is 0 Å². The van der Waals surface area contributed by atoms with Gasteiger partial charge in [0.2, 0.25) is 5.91 Å². The molecule has 1 aromatic carbocycles. The Morgan fingerprint density at radius 3 is 2.42 bits per heavy atom. The summed E-state index contributed by atoms with van der Waals surface area (Å²) in [5.41, 5.74) is 1.64. The number of hydrogen-bond acceptors (Lipinski definition) is 5. The van der Waals surface area contributed by atoms with Gasteiger partial charge in [0.1, 0.15) is 12.4 Å². The molecule has 31 heavy (non-hydrogen) atoms. The molecule has 0 fully saturated rings. The van der Waals surface area contributed by atoms with Gasteiger partial charge >= 0.3 is 0 Å². The van der Waals surface area contributed by atoms with Crippen molar-refractivity contribution >= 4 is 17.6 Å². The minimum atomic E-state index is -2.60. The Kier molecular flexibility index (Phi) is 8.30. The number of aromatic nitrogens is 1. The molecule has 1 aromatic heterocycles. The highest BCUT2D eigenvalue weighted by atomic mass is 19.3. The summed E-state index contributed by atoms with van der Waals surface area (Å²) in [7, 11) is 1.41. The van der Waals surface area contributed by atoms with Gasteiger partial charge in [-0.15, -0.1) is 0 Å². The molecule has 0 aliphatic carbocycles. The number of carbonyl (C=O) groups excluding carboxylic acids is 2. The number of ether oxygens (including phenoxy) is 2. The van der Waals surface area contributed by atoms with Gasteiger partial charge in [-0.25, -0.2) is 13.8 Å². The summed E-state index contributed by atoms with van der Waals surface area (Å²) in [4.78, 5) is 28.9. The SMILES string of the molecule is COc1cc(C(C)NC(=O)c2cc(C)nc(NC(=O)C(C)C)c2)ccc1OCC(F)F. The largest absolute Gasteiger partial charge is 0.493 e. The topological polar surface area (TPSA) is 89.5 Å². The molecule has 7 nitrogen and oxygen atoms in total. The van der Waals surface area contributed by atoms with Gasteiger partial charge in [0.15, 0.2) is 11.5 Å². The number of rotatable bonds is 9. The van der Waals surface area contributed by atoms with Gasteiger partial charge in [0.25, 0.3) is 12.3 Å². The summed E-state index contributed by atoms with van der Waals surface area (Å²) >= 11 is 0. The second kappa shape index (κ2) is 10.7. The molecule has 1 heterocycles. The number of aryl methyl sites for hydroxylation is 1. The second-order valence-corrected chi connectivity index (χ2v) is 7.33. The molecule has 0 saturated carbocycles. The number of methoxy groups -OCH3 is 1. The Balaban J connectivity index is 2.14. The lowest BCUT2D eigenvalue weighted by Gasteiger charge is -2.18. The molecule has 1 atom stereocenters. The fourth-order valence-electron chi connectivity index (χ4n) is 2.72. The number of nitrogens with one attached hydrogen (secondary N) is 2. The summed E-state index contributed by atoms with van der Waals surface area (Å²) in [5.74, 6) is 0.0214. The van der Waals surface area contributed by atoms with Crippen molar-refractivity contribution in [3.8, 4) is 11.5 Å². The van der Waals surface area contributed by atoms with Crippen molar-refractivity contribution in [3.05, 3.63) is 47.2 Å². The molecule has 2 aromatic rings. The molecule has 2 N–H and O–H groups in total. The average molecular weight is 435 g/mol. The number of hydrogen-bond donors (Lipinski definition) is 2. The molecule has 168 valence electrons. The highest BCUT2D eigenvalue weighted by Crippen LogP contribution is 2.30. The molecule has 0 bridgehead atoms. The number of pyridine rings is 1. The maximum absolute atomic E-state index is 12.8. The summed E-state index contributed by atoms with van der Waals surface area (Å²) in [5, 5.41) is 5.56. The van der Waals surface area contributed by atoms with E-state index in [1.165, 1.54) is 19.2 Å². The van der Waals surface area contributed by atoms with Crippen LogP contribution >= 0.6 is 0 Å². The summed E-state index contributed by atoms with van der Waals surface area (Å²) in [6, 6.07) is 7.53. The third-order valence-corrected chi connectivity index (χ3v) is 4.39. The molecule has 1 unspecified atom stereocenters. The van der Waals surface area contributed by atoms with Gasteiger partial charge in [-0.3, -0.25) is 9.59 Å². The zero-order valence-corrected chi connectivity index (χ0v) is 18.2. The quantitative estimate of drug-likeness (QED) is 0.618. The lowest BCUT2D eigenvalue weighted by molar-refractivity contribution is -0.118. The van der Waals surface area contributed by atoms with E-state index < -0.39 is 19.1 Å². The Bertz CT molecular complexity index is 935. The Morgan fingerprint density at radius 2 is 1.81 bits per heavy atom. The highest BCUT2D eigenvalue weighted by molar-refractivity contribution is 5.97. The van der Waals surface area contributed by atoms with E-state index in [1.54, 1.807) is 45.9 Å². The maximum atomic E-state index is 12.8. The van der Waals surface area contributed by atoms with E-state index in [0.717, 1.165) is 0 Å². The van der Waals surface area contributed by atoms with Crippen LogP contribution in [0.4, 0.5) is 14.6 Å². The van der Waals surface area contributed by atoms with E-state index in [0.29, 0.717) is 22.6 Å². The average Bonchev–Trinajstić information content (AvgIpc) is 2.71. The van der Waals surface area contributed by atoms with E-state index in [2.05, 4.69) is 15.6 Å². The van der Waals surface area contributed by atoms with Crippen molar-refractivity contribution < 1.29 is 27.8 Å². The number of benzene rings is 1. The maximum Gasteiger partial charge on any atom is 0.272 e. The van der Waals surface area contributed by atoms with Crippen LogP contribution in [0.1, 0.15) is 48.4 Å². The molecular formula is C22H27F2N3O4. The molecule has 2 amide bonds. The van der Waals surface area contributed by atoms with Gasteiger partial charge in [-0.05, 0) is 43.7 Å². The fraction of sp³-hybridized carbons (Fsp3) is 0.409. The van der Waals surface area contributed by atoms with E-state index in [-0.39, 0.29) is 29.2 Å². The first-order valence-electron chi connectivity index (χ1n) is 9.80. The molecule has 9 heteroatoms. The fourth-order valence-corrected chi connectivity index (χ4v) is 2.72. The minimum Gasteiger partial charge on any atom is -0.493 e. The molecule has 0 aliphatic heterocycles. The van der Waals surface area contributed by atoms with E-state index >= 15 is 0 Å². The van der Waals surface area contributed by atoms with E-state index in [9.17, 15) is 18.4 Å². The van der Waals surface area contributed by atoms with Crippen molar-refractivity contribution in [3.63, 3.8) is 0 Å². The number of amides is 2. The molecule has 2 rings (SSSR count). The van der Waals surface area contributed by atoms with Gasteiger partial charge in [-0.1, -0.05) is 19.9 Å². The normalized spacial score (nSPS) is 11.9. The number of anilines is 1. The summed E-state index contributed by atoms with van der Waals surface area (Å²) in [6.07, 6.45) is -2.60. The Morgan fingerprint density at radius 1 is 1.10 bits per heavy atom. The van der Waals surface area contributed by atoms with Crippen LogP contribution in [0.2, 0.25) is 0 Å². The van der Waals surface area contributed by atoms with Crippen LogP contribution in [0, 0.1) is 12.8 Å². The highest BCUT2D eigenvalue weighted by Gasteiger charge is 2.17. The first kappa shape index (κ1) is 24.0. The van der Waals surface area contributed by atoms with Crippen molar-refractivity contribution in [1.29, 1.82) is 0 Å². The van der Waals surface area contributed by atoms with Crippen LogP contribution in [-0.2, 0) is 4.79 Å². The third kappa shape index (κ3) is 6.91. The van der Waals surface area contributed by atoms with Crippen LogP contribution in [0.3, 0.4) is 0 Å². The van der Waals surface area contributed by atoms with Crippen LogP contribution in [0.15, 0.2) is 30.3 Å². The molecule has 0 saturated heterocycles. The minimum absolute atomic E-state index is 0.195. The standard InChI is InChI=1S/C22H27F2N3O4/c1-12(2)21(28)27-20-10-16(8-13(3)25-20)22(29)26-14(4)15-6-7-17(18(9-15)30-5)31-11-19(23)24/h6-10,12,14,19H,11H2,1-5H3,(H,26,29)(H,25,27,28). The molecule has 0 spiro atoms. The van der Waals surface area contributed by atoms with Crippen LogP contribution in [0.5, 0.6) is 11.5 Å². The monoisotopic (exact) mass is 435 g/mol. The smallest absolute Gasteiger partial charge is 0.272 e. The predicted octanol–water partition coefficient (Wildman–Crippen LogP) is 4.13. The van der Waals surface area contributed by atoms with Crippen molar-refractivity contribution in [2.24, 2.45) is 5.92 Å². The molecular weight excluding hydrogens is 408 g/mol. The van der Waals surface area contributed by atoms with Crippen molar-refractivity contribution in [2.45, 2.75) is 40.2 Å². The number of alkyl halides is 2. The van der Waals surface area contributed by atoms with Gasteiger partial charge in [0.05, 0.1) is 13.2 Å². The number of halogens is 2. The van der Waals surface area contributed by atoms with E-state index in [1.807, 2.05) is 0 Å². The van der Waals surface area contributed by atoms with Crippen LogP contribution < -0.4 is 20.1 Å². The van der Waals surface area contributed by atoms with Crippen LogP contribution in [0.25, 0.3) is 0 Å². The first-order chi connectivity index (χ1) is 14.6. The summed E-state index contributed by atoms with van der Waals surface area (Å²) in [6.45, 7) is 6.30. The van der Waals surface area contributed by atoms with E-state index in [4.69, 9.17) is 9.47 Å². The third-order valence-electron chi connectivity index (χ3n) is 4.39. The Hall–Kier alpha value is -3.23. The lowest BCUT2D eigenvalue weighted by Crippen LogP contribution is -2.27. The van der Waals surface area contributed by atoms with Crippen LogP contribution in [-0.4, -0.2) is 36.9 Å². The zero-order chi connectivity index (χ0) is 23.1. The zero-order valence-electron chi connectivity index (χ0n) is 18.2. The molecule has 0 radical (unpaired) electrons. The van der Waals surface area contributed by atoms with Crippen molar-refractivity contribution in [1.82, 2.24) is 10.3 Å². The summed E-state index contributed by atoms with van der Waals surface area (Å²) < 4.78 is 35.0. The Labute approximate surface area is 180 Å². The first-order valence-corrected chi connectivity index (χ1v) is 9.80. The lowest BCUT2D eigenvalue weighted by atomic mass is 10.1. The second-order valence-electron chi connectivity index (χ2n) is 7.33. The van der Waals surface area contributed by atoms with Gasteiger partial charge in [0, 0.05) is 17.2 Å². The number of nitrogens with zero attached hydrogens (tertiary/aromatic N) is 1. The molecule has 0 aliphatic rings.